The van der Waals surface area contributed by atoms with Gasteiger partial charge in [0.15, 0.2) is 12.4 Å². The fourth-order valence-electron chi connectivity index (χ4n) is 1.38. The van der Waals surface area contributed by atoms with Crippen LogP contribution in [0.25, 0.3) is 0 Å². The Bertz CT molecular complexity index is 439. The predicted octanol–water partition coefficient (Wildman–Crippen LogP) is 1.84. The first-order valence-electron chi connectivity index (χ1n) is 5.55. The van der Waals surface area contributed by atoms with E-state index in [2.05, 4.69) is 0 Å². The van der Waals surface area contributed by atoms with Crippen molar-refractivity contribution in [3.05, 3.63) is 23.8 Å². The van der Waals surface area contributed by atoms with E-state index in [0.29, 0.717) is 23.7 Å². The van der Waals surface area contributed by atoms with E-state index >= 15 is 0 Å². The molecule has 0 saturated carbocycles. The quantitative estimate of drug-likeness (QED) is 0.571. The number of esters is 1. The van der Waals surface area contributed by atoms with Gasteiger partial charge in [-0.2, -0.15) is 0 Å². The van der Waals surface area contributed by atoms with Crippen molar-refractivity contribution >= 4 is 11.8 Å². The zero-order valence-electron chi connectivity index (χ0n) is 10.7. The zero-order valence-corrected chi connectivity index (χ0v) is 10.7. The van der Waals surface area contributed by atoms with Crippen LogP contribution >= 0.6 is 0 Å². The van der Waals surface area contributed by atoms with Crippen LogP contribution in [0.15, 0.2) is 18.2 Å². The normalized spacial score (nSPS) is 9.72. The summed E-state index contributed by atoms with van der Waals surface area (Å²) in [6.07, 6.45) is 0. The minimum atomic E-state index is -0.477. The summed E-state index contributed by atoms with van der Waals surface area (Å²) in [5.41, 5.74) is 0.403. The number of ketones is 1. The maximum absolute atomic E-state index is 11.4. The Morgan fingerprint density at radius 3 is 2.56 bits per heavy atom. The van der Waals surface area contributed by atoms with Gasteiger partial charge in [0.25, 0.3) is 0 Å². The van der Waals surface area contributed by atoms with Gasteiger partial charge in [-0.05, 0) is 26.0 Å². The molecule has 0 aliphatic rings. The number of methoxy groups -OCH3 is 1. The summed E-state index contributed by atoms with van der Waals surface area (Å²) in [7, 11) is 1.51. The Kier molecular flexibility index (Phi) is 5.17. The highest BCUT2D eigenvalue weighted by Crippen LogP contribution is 2.25. The van der Waals surface area contributed by atoms with Gasteiger partial charge in [0.2, 0.25) is 0 Å². The van der Waals surface area contributed by atoms with Gasteiger partial charge < -0.3 is 14.2 Å². The molecule has 0 amide bonds. The lowest BCUT2D eigenvalue weighted by atomic mass is 10.1. The molecule has 0 heterocycles. The third-order valence-corrected chi connectivity index (χ3v) is 2.22. The van der Waals surface area contributed by atoms with E-state index in [1.807, 2.05) is 0 Å². The summed E-state index contributed by atoms with van der Waals surface area (Å²) >= 11 is 0. The van der Waals surface area contributed by atoms with E-state index in [-0.39, 0.29) is 12.4 Å². The Morgan fingerprint density at radius 2 is 2.00 bits per heavy atom. The molecule has 0 N–H and O–H groups in total. The highest BCUT2D eigenvalue weighted by molar-refractivity contribution is 5.97. The number of benzene rings is 1. The van der Waals surface area contributed by atoms with Crippen molar-refractivity contribution in [1.29, 1.82) is 0 Å². The summed E-state index contributed by atoms with van der Waals surface area (Å²) in [6.45, 7) is 3.20. The molecule has 0 aliphatic heterocycles. The average Bonchev–Trinajstić information content (AvgIpc) is 2.36. The van der Waals surface area contributed by atoms with E-state index in [9.17, 15) is 9.59 Å². The standard InChI is InChI=1S/C13H16O5/c1-4-17-13(15)8-18-12-7-10(16-3)5-6-11(12)9(2)14/h5-7H,4,8H2,1-3H3. The Labute approximate surface area is 106 Å². The van der Waals surface area contributed by atoms with E-state index in [0.717, 1.165) is 0 Å². The van der Waals surface area contributed by atoms with Crippen molar-refractivity contribution in [3.8, 4) is 11.5 Å². The molecule has 98 valence electrons. The topological polar surface area (TPSA) is 61.8 Å². The van der Waals surface area contributed by atoms with Gasteiger partial charge in [0.05, 0.1) is 19.3 Å². The molecule has 5 heteroatoms. The van der Waals surface area contributed by atoms with Gasteiger partial charge in [-0.25, -0.2) is 4.79 Å². The number of rotatable bonds is 6. The predicted molar refractivity (Wildman–Crippen MR) is 65.1 cm³/mol. The first-order chi connectivity index (χ1) is 8.58. The van der Waals surface area contributed by atoms with Crippen LogP contribution in [0.4, 0.5) is 0 Å². The number of carbonyl (C=O) groups excluding carboxylic acids is 2. The molecule has 5 nitrogen and oxygen atoms in total. The van der Waals surface area contributed by atoms with Crippen LogP contribution in [0.3, 0.4) is 0 Å². The first-order valence-corrected chi connectivity index (χ1v) is 5.55. The third-order valence-electron chi connectivity index (χ3n) is 2.22. The van der Waals surface area contributed by atoms with Gasteiger partial charge >= 0.3 is 5.97 Å². The number of hydrogen-bond donors (Lipinski definition) is 0. The van der Waals surface area contributed by atoms with E-state index in [4.69, 9.17) is 14.2 Å². The van der Waals surface area contributed by atoms with Crippen LogP contribution in [-0.4, -0.2) is 32.1 Å². The molecule has 0 bridgehead atoms. The van der Waals surface area contributed by atoms with Crippen molar-refractivity contribution in [2.45, 2.75) is 13.8 Å². The van der Waals surface area contributed by atoms with Crippen LogP contribution in [0.5, 0.6) is 11.5 Å². The monoisotopic (exact) mass is 252 g/mol. The molecular formula is C13H16O5. The van der Waals surface area contributed by atoms with E-state index < -0.39 is 5.97 Å². The fraction of sp³-hybridized carbons (Fsp3) is 0.385. The van der Waals surface area contributed by atoms with Gasteiger partial charge in [-0.1, -0.05) is 0 Å². The molecule has 1 aromatic rings. The molecule has 0 radical (unpaired) electrons. The van der Waals surface area contributed by atoms with E-state index in [1.165, 1.54) is 14.0 Å². The number of hydrogen-bond acceptors (Lipinski definition) is 5. The van der Waals surface area contributed by atoms with Gasteiger partial charge in [0, 0.05) is 6.07 Å². The number of ether oxygens (including phenoxy) is 3. The second-order valence-electron chi connectivity index (χ2n) is 3.51. The number of Topliss-reactive ketones (excluding diaryl/α,β-unsaturated/α-hetero) is 1. The molecule has 0 atom stereocenters. The molecule has 0 fully saturated rings. The van der Waals surface area contributed by atoms with Crippen LogP contribution in [0.1, 0.15) is 24.2 Å². The summed E-state index contributed by atoms with van der Waals surface area (Å²) < 4.78 is 15.1. The lowest BCUT2D eigenvalue weighted by molar-refractivity contribution is -0.145. The largest absolute Gasteiger partial charge is 0.497 e. The first kappa shape index (κ1) is 14.0. The van der Waals surface area contributed by atoms with Gasteiger partial charge in [0.1, 0.15) is 11.5 Å². The fourth-order valence-corrected chi connectivity index (χ4v) is 1.38. The summed E-state index contributed by atoms with van der Waals surface area (Å²) in [5.74, 6) is 0.250. The highest BCUT2D eigenvalue weighted by atomic mass is 16.6. The minimum absolute atomic E-state index is 0.142. The molecule has 18 heavy (non-hydrogen) atoms. The van der Waals surface area contributed by atoms with Crippen LogP contribution < -0.4 is 9.47 Å². The van der Waals surface area contributed by atoms with Crippen LogP contribution in [-0.2, 0) is 9.53 Å². The van der Waals surface area contributed by atoms with Crippen molar-refractivity contribution in [1.82, 2.24) is 0 Å². The van der Waals surface area contributed by atoms with Gasteiger partial charge in [-0.3, -0.25) is 4.79 Å². The van der Waals surface area contributed by atoms with Crippen LogP contribution in [0, 0.1) is 0 Å². The van der Waals surface area contributed by atoms with Gasteiger partial charge in [-0.15, -0.1) is 0 Å². The molecule has 0 saturated heterocycles. The maximum Gasteiger partial charge on any atom is 0.344 e. The Morgan fingerprint density at radius 1 is 1.28 bits per heavy atom. The molecule has 0 unspecified atom stereocenters. The van der Waals surface area contributed by atoms with Crippen molar-refractivity contribution in [3.63, 3.8) is 0 Å². The Balaban J connectivity index is 2.84. The lowest BCUT2D eigenvalue weighted by Crippen LogP contribution is -2.15. The molecule has 1 aromatic carbocycles. The second-order valence-corrected chi connectivity index (χ2v) is 3.51. The summed E-state index contributed by atoms with van der Waals surface area (Å²) in [5, 5.41) is 0. The average molecular weight is 252 g/mol. The van der Waals surface area contributed by atoms with E-state index in [1.54, 1.807) is 25.1 Å². The smallest absolute Gasteiger partial charge is 0.344 e. The van der Waals surface area contributed by atoms with Crippen molar-refractivity contribution < 1.29 is 23.8 Å². The summed E-state index contributed by atoms with van der Waals surface area (Å²) in [6, 6.07) is 4.82. The molecule has 0 spiro atoms. The SMILES string of the molecule is CCOC(=O)COc1cc(OC)ccc1C(C)=O. The minimum Gasteiger partial charge on any atom is -0.497 e. The molecule has 0 aromatic heterocycles. The highest BCUT2D eigenvalue weighted by Gasteiger charge is 2.12. The zero-order chi connectivity index (χ0) is 13.5. The maximum atomic E-state index is 11.4. The lowest BCUT2D eigenvalue weighted by Gasteiger charge is -2.10. The Hall–Kier alpha value is -2.04. The van der Waals surface area contributed by atoms with Crippen LogP contribution in [0.2, 0.25) is 0 Å². The molecule has 0 aliphatic carbocycles. The van der Waals surface area contributed by atoms with Crippen molar-refractivity contribution in [2.24, 2.45) is 0 Å². The summed E-state index contributed by atoms with van der Waals surface area (Å²) in [4.78, 5) is 22.6. The second kappa shape index (κ2) is 6.64. The third kappa shape index (κ3) is 3.76. The van der Waals surface area contributed by atoms with Crippen molar-refractivity contribution in [2.75, 3.05) is 20.3 Å². The number of carbonyl (C=O) groups is 2. The molecular weight excluding hydrogens is 236 g/mol. The molecule has 1 rings (SSSR count).